The van der Waals surface area contributed by atoms with Gasteiger partial charge in [-0.2, -0.15) is 0 Å². The van der Waals surface area contributed by atoms with Gasteiger partial charge in [0.05, 0.1) is 0 Å². The topological polar surface area (TPSA) is 34.1 Å². The first-order valence-corrected chi connectivity index (χ1v) is 18.0. The summed E-state index contributed by atoms with van der Waals surface area (Å²) in [4.78, 5) is 0. The molecule has 8 heavy (non-hydrogen) atoms. The van der Waals surface area contributed by atoms with Crippen molar-refractivity contribution in [1.82, 2.24) is 0 Å². The minimum atomic E-state index is -3.29. The van der Waals surface area contributed by atoms with Crippen molar-refractivity contribution in [3.05, 3.63) is 0 Å². The summed E-state index contributed by atoms with van der Waals surface area (Å²) in [6, 6.07) is 0. The van der Waals surface area contributed by atoms with Gasteiger partial charge in [0, 0.05) is 0 Å². The summed E-state index contributed by atoms with van der Waals surface area (Å²) >= 11 is -5.56. The second kappa shape index (κ2) is 7.46. The first-order valence-electron chi connectivity index (χ1n) is 1.16. The molecular formula is Cl4O2Sn2. The van der Waals surface area contributed by atoms with Crippen LogP contribution in [0.1, 0.15) is 0 Å². The van der Waals surface area contributed by atoms with E-state index in [-0.39, 0.29) is 0 Å². The Bertz CT molecular complexity index is 72.5. The fraction of sp³-hybridized carbons (Fsp3) is 0. The van der Waals surface area contributed by atoms with Crippen LogP contribution in [0.25, 0.3) is 0 Å². The van der Waals surface area contributed by atoms with Crippen molar-refractivity contribution in [2.75, 3.05) is 0 Å². The van der Waals surface area contributed by atoms with Crippen molar-refractivity contribution in [2.45, 2.75) is 0 Å². The van der Waals surface area contributed by atoms with Gasteiger partial charge in [-0.3, -0.25) is 0 Å². The second-order valence-electron chi connectivity index (χ2n) is 0.512. The first kappa shape index (κ1) is 13.0. The van der Waals surface area contributed by atoms with Crippen LogP contribution in [0.5, 0.6) is 0 Å². The molecule has 0 rings (SSSR count). The fourth-order valence-corrected chi connectivity index (χ4v) is 0. The van der Waals surface area contributed by atoms with Crippen LogP contribution >= 0.6 is 35.7 Å². The molecule has 0 unspecified atom stereocenters. The van der Waals surface area contributed by atoms with Crippen molar-refractivity contribution in [1.29, 1.82) is 0 Å². The van der Waals surface area contributed by atoms with Crippen LogP contribution in [-0.2, 0) is 6.15 Å². The zero-order chi connectivity index (χ0) is 7.21. The van der Waals surface area contributed by atoms with Gasteiger partial charge in [-0.1, -0.05) is 0 Å². The Labute approximate surface area is 75.5 Å². The molecule has 0 aromatic carbocycles. The molecule has 0 aliphatic carbocycles. The van der Waals surface area contributed by atoms with E-state index in [1.165, 1.54) is 0 Å². The molecule has 2 nitrogen and oxygen atoms in total. The molecule has 0 aliphatic heterocycles. The molecule has 8 heteroatoms. The summed E-state index contributed by atoms with van der Waals surface area (Å²) in [7, 11) is 20.1. The predicted molar refractivity (Wildman–Crippen MR) is 36.3 cm³/mol. The van der Waals surface area contributed by atoms with Gasteiger partial charge in [-0.15, -0.1) is 0 Å². The molecule has 0 aromatic heterocycles. The monoisotopic (exact) mass is 412 g/mol. The number of hydrogen-bond donors (Lipinski definition) is 0. The maximum atomic E-state index is 8.54. The third-order valence-corrected chi connectivity index (χ3v) is 0. The molecule has 0 radical (unpaired) electrons. The Balaban J connectivity index is 0. The Morgan fingerprint density at radius 3 is 1.00 bits per heavy atom. The Morgan fingerprint density at radius 2 is 1.00 bits per heavy atom. The third kappa shape index (κ3) is 81.4. The third-order valence-electron chi connectivity index (χ3n) is 0. The van der Waals surface area contributed by atoms with Gasteiger partial charge in [-0.25, -0.2) is 0 Å². The molecule has 0 saturated heterocycles. The van der Waals surface area contributed by atoms with E-state index in [2.05, 4.69) is 0 Å². The molecule has 0 atom stereocenters. The van der Waals surface area contributed by atoms with E-state index < -0.39 is 35.0 Å². The summed E-state index contributed by atoms with van der Waals surface area (Å²) in [5.74, 6) is 0. The normalized spacial score (nSPS) is 8.50. The van der Waals surface area contributed by atoms with Gasteiger partial charge in [0.15, 0.2) is 0 Å². The molecule has 0 saturated carbocycles. The van der Waals surface area contributed by atoms with Crippen molar-refractivity contribution in [3.63, 3.8) is 0 Å². The van der Waals surface area contributed by atoms with E-state index in [4.69, 9.17) is 41.8 Å². The second-order valence-corrected chi connectivity index (χ2v) is 26.4. The van der Waals surface area contributed by atoms with Gasteiger partial charge in [0.1, 0.15) is 0 Å². The molecular weight excluding hydrogens is 411 g/mol. The van der Waals surface area contributed by atoms with E-state index >= 15 is 0 Å². The molecule has 0 bridgehead atoms. The molecule has 0 N–H and O–H groups in total. The van der Waals surface area contributed by atoms with Crippen LogP contribution in [0.2, 0.25) is 0 Å². The summed E-state index contributed by atoms with van der Waals surface area (Å²) in [6.45, 7) is 0. The standard InChI is InChI=1S/4ClH.2O.2Sn/h4*1H;;;;/q;;;;;;;+4/p-4. The average Bonchev–Trinajstić information content (AvgIpc) is 1.27. The molecule has 0 aromatic rings. The van der Waals surface area contributed by atoms with Crippen LogP contribution in [0, 0.1) is 0 Å². The maximum absolute atomic E-state index is 8.54. The van der Waals surface area contributed by atoms with Crippen LogP contribution in [-0.4, -0.2) is 35.0 Å². The van der Waals surface area contributed by atoms with Gasteiger partial charge in [0.2, 0.25) is 0 Å². The SMILES string of the molecule is [Cl][Sn]([Cl])([Cl])[Cl].[O]=[Sn]=[O]. The summed E-state index contributed by atoms with van der Waals surface area (Å²) in [5, 5.41) is 0. The van der Waals surface area contributed by atoms with Crippen LogP contribution in [0.3, 0.4) is 0 Å². The Kier molecular flexibility index (Phi) is 12.1. The molecule has 0 spiro atoms. The van der Waals surface area contributed by atoms with E-state index in [1.807, 2.05) is 0 Å². The van der Waals surface area contributed by atoms with Crippen LogP contribution < -0.4 is 0 Å². The predicted octanol–water partition coefficient (Wildman–Crippen LogP) is 1.76. The molecule has 0 aliphatic rings. The van der Waals surface area contributed by atoms with Crippen molar-refractivity contribution < 1.29 is 6.15 Å². The number of halogens is 4. The number of rotatable bonds is 0. The summed E-state index contributed by atoms with van der Waals surface area (Å²) < 4.78 is 17.1. The van der Waals surface area contributed by atoms with Crippen molar-refractivity contribution in [2.24, 2.45) is 0 Å². The van der Waals surface area contributed by atoms with Gasteiger partial charge in [0.25, 0.3) is 0 Å². The van der Waals surface area contributed by atoms with E-state index in [9.17, 15) is 0 Å². The Morgan fingerprint density at radius 1 is 1.00 bits per heavy atom. The van der Waals surface area contributed by atoms with Crippen LogP contribution in [0.4, 0.5) is 0 Å². The fourth-order valence-electron chi connectivity index (χ4n) is 0. The molecule has 48 valence electrons. The minimum absolute atomic E-state index is 2.27. The average molecular weight is 411 g/mol. The quantitative estimate of drug-likeness (QED) is 0.570. The van der Waals surface area contributed by atoms with Crippen molar-refractivity contribution in [3.8, 4) is 0 Å². The molecule has 0 amide bonds. The molecule has 0 heterocycles. The first-order chi connectivity index (χ1) is 3.41. The zero-order valence-corrected chi connectivity index (χ0v) is 12.1. The summed E-state index contributed by atoms with van der Waals surface area (Å²) in [5.41, 5.74) is 0. The van der Waals surface area contributed by atoms with E-state index in [0.717, 1.165) is 0 Å². The van der Waals surface area contributed by atoms with Crippen LogP contribution in [0.15, 0.2) is 0 Å². The number of hydrogen-bond acceptors (Lipinski definition) is 2. The van der Waals surface area contributed by atoms with Gasteiger partial charge >= 0.3 is 76.8 Å². The van der Waals surface area contributed by atoms with Crippen molar-refractivity contribution >= 4 is 70.7 Å². The van der Waals surface area contributed by atoms with E-state index in [0.29, 0.717) is 0 Å². The Hall–Kier alpha value is 2.36. The van der Waals surface area contributed by atoms with Gasteiger partial charge in [-0.05, 0) is 0 Å². The van der Waals surface area contributed by atoms with Gasteiger partial charge < -0.3 is 0 Å². The van der Waals surface area contributed by atoms with E-state index in [1.54, 1.807) is 0 Å². The summed E-state index contributed by atoms with van der Waals surface area (Å²) in [6.07, 6.45) is 0. The zero-order valence-electron chi connectivity index (χ0n) is 3.33. The molecule has 0 fully saturated rings.